The lowest BCUT2D eigenvalue weighted by Gasteiger charge is -2.20. The van der Waals surface area contributed by atoms with Crippen molar-refractivity contribution in [3.05, 3.63) is 53.6 Å². The SMILES string of the molecule is C=C1c2ccccc2C(=O)N1CCC1=CCNCC1. The molecular weight excluding hydrogens is 236 g/mol. The molecule has 0 unspecified atom stereocenters. The first kappa shape index (κ1) is 12.2. The molecule has 0 spiro atoms. The second-order valence-corrected chi connectivity index (χ2v) is 5.02. The summed E-state index contributed by atoms with van der Waals surface area (Å²) in [4.78, 5) is 14.1. The zero-order valence-electron chi connectivity index (χ0n) is 11.0. The van der Waals surface area contributed by atoms with Crippen LogP contribution in [0.2, 0.25) is 0 Å². The molecule has 2 aliphatic heterocycles. The summed E-state index contributed by atoms with van der Waals surface area (Å²) in [5, 5.41) is 3.30. The highest BCUT2D eigenvalue weighted by molar-refractivity contribution is 6.08. The molecule has 0 fully saturated rings. The Morgan fingerprint density at radius 3 is 2.74 bits per heavy atom. The third-order valence-electron chi connectivity index (χ3n) is 3.85. The van der Waals surface area contributed by atoms with E-state index in [1.54, 1.807) is 0 Å². The number of hydrogen-bond acceptors (Lipinski definition) is 2. The molecular formula is C16H18N2O. The largest absolute Gasteiger partial charge is 0.313 e. The quantitative estimate of drug-likeness (QED) is 0.840. The van der Waals surface area contributed by atoms with Gasteiger partial charge in [0.2, 0.25) is 0 Å². The van der Waals surface area contributed by atoms with Gasteiger partial charge < -0.3 is 10.2 Å². The van der Waals surface area contributed by atoms with Gasteiger partial charge in [-0.25, -0.2) is 0 Å². The average molecular weight is 254 g/mol. The smallest absolute Gasteiger partial charge is 0.258 e. The predicted molar refractivity (Wildman–Crippen MR) is 76.7 cm³/mol. The lowest BCUT2D eigenvalue weighted by Crippen LogP contribution is -2.26. The van der Waals surface area contributed by atoms with Crippen LogP contribution in [-0.2, 0) is 0 Å². The van der Waals surface area contributed by atoms with Crippen molar-refractivity contribution in [3.63, 3.8) is 0 Å². The fourth-order valence-corrected chi connectivity index (χ4v) is 2.72. The van der Waals surface area contributed by atoms with Crippen LogP contribution in [0.25, 0.3) is 5.70 Å². The van der Waals surface area contributed by atoms with Crippen LogP contribution in [-0.4, -0.2) is 30.4 Å². The number of nitrogens with zero attached hydrogens (tertiary/aromatic N) is 1. The standard InChI is InChI=1S/C16H18N2O/c1-12-14-4-2-3-5-15(14)16(19)18(12)11-8-13-6-9-17-10-7-13/h2-6,17H,1,7-11H2. The Bertz CT molecular complexity index is 525. The van der Waals surface area contributed by atoms with Crippen molar-refractivity contribution in [1.82, 2.24) is 10.2 Å². The van der Waals surface area contributed by atoms with Crippen molar-refractivity contribution in [1.29, 1.82) is 0 Å². The monoisotopic (exact) mass is 254 g/mol. The number of carbonyl (C=O) groups excluding carboxylic acids is 1. The van der Waals surface area contributed by atoms with Crippen LogP contribution in [0.3, 0.4) is 0 Å². The van der Waals surface area contributed by atoms with E-state index in [0.29, 0.717) is 0 Å². The minimum Gasteiger partial charge on any atom is -0.313 e. The normalized spacial score (nSPS) is 18.5. The highest BCUT2D eigenvalue weighted by atomic mass is 16.2. The number of carbonyl (C=O) groups is 1. The summed E-state index contributed by atoms with van der Waals surface area (Å²) < 4.78 is 0. The summed E-state index contributed by atoms with van der Waals surface area (Å²) in [6.07, 6.45) is 4.27. The topological polar surface area (TPSA) is 32.3 Å². The molecule has 0 aromatic heterocycles. The highest BCUT2D eigenvalue weighted by Crippen LogP contribution is 2.31. The predicted octanol–water partition coefficient (Wildman–Crippen LogP) is 2.42. The van der Waals surface area contributed by atoms with Gasteiger partial charge in [0.15, 0.2) is 0 Å². The molecule has 3 nitrogen and oxygen atoms in total. The van der Waals surface area contributed by atoms with Gasteiger partial charge in [-0.15, -0.1) is 0 Å². The lowest BCUT2D eigenvalue weighted by molar-refractivity contribution is 0.0851. The van der Waals surface area contributed by atoms with Crippen molar-refractivity contribution in [2.75, 3.05) is 19.6 Å². The Balaban J connectivity index is 1.72. The molecule has 2 aliphatic rings. The van der Waals surface area contributed by atoms with E-state index in [1.807, 2.05) is 29.2 Å². The fourth-order valence-electron chi connectivity index (χ4n) is 2.72. The van der Waals surface area contributed by atoms with Gasteiger partial charge in [0, 0.05) is 29.9 Å². The molecule has 1 amide bonds. The van der Waals surface area contributed by atoms with E-state index in [9.17, 15) is 4.79 Å². The van der Waals surface area contributed by atoms with Gasteiger partial charge in [-0.2, -0.15) is 0 Å². The van der Waals surface area contributed by atoms with Gasteiger partial charge in [0.25, 0.3) is 5.91 Å². The lowest BCUT2D eigenvalue weighted by atomic mass is 10.1. The van der Waals surface area contributed by atoms with E-state index < -0.39 is 0 Å². The zero-order chi connectivity index (χ0) is 13.2. The Kier molecular flexibility index (Phi) is 3.22. The molecule has 1 aromatic carbocycles. The fraction of sp³-hybridized carbons (Fsp3) is 0.312. The highest BCUT2D eigenvalue weighted by Gasteiger charge is 2.30. The Hall–Kier alpha value is -1.87. The second kappa shape index (κ2) is 5.02. The molecule has 1 aromatic rings. The van der Waals surface area contributed by atoms with Crippen LogP contribution in [0.4, 0.5) is 0 Å². The van der Waals surface area contributed by atoms with Crippen LogP contribution in [0.15, 0.2) is 42.5 Å². The first-order valence-electron chi connectivity index (χ1n) is 6.76. The van der Waals surface area contributed by atoms with Gasteiger partial charge in [-0.3, -0.25) is 4.79 Å². The molecule has 0 radical (unpaired) electrons. The van der Waals surface area contributed by atoms with Crippen molar-refractivity contribution >= 4 is 11.6 Å². The second-order valence-electron chi connectivity index (χ2n) is 5.02. The molecule has 0 saturated heterocycles. The zero-order valence-corrected chi connectivity index (χ0v) is 11.0. The van der Waals surface area contributed by atoms with E-state index in [0.717, 1.165) is 49.3 Å². The molecule has 0 bridgehead atoms. The summed E-state index contributed by atoms with van der Waals surface area (Å²) in [5.41, 5.74) is 4.05. The van der Waals surface area contributed by atoms with E-state index in [4.69, 9.17) is 0 Å². The third kappa shape index (κ3) is 2.22. The molecule has 3 heteroatoms. The number of nitrogens with one attached hydrogen (secondary N) is 1. The van der Waals surface area contributed by atoms with Gasteiger partial charge >= 0.3 is 0 Å². The first-order valence-corrected chi connectivity index (χ1v) is 6.76. The molecule has 3 rings (SSSR count). The van der Waals surface area contributed by atoms with Gasteiger partial charge in [0.1, 0.15) is 0 Å². The van der Waals surface area contributed by atoms with Crippen molar-refractivity contribution in [3.8, 4) is 0 Å². The summed E-state index contributed by atoms with van der Waals surface area (Å²) in [6.45, 7) is 6.79. The molecule has 0 aliphatic carbocycles. The van der Waals surface area contributed by atoms with E-state index >= 15 is 0 Å². The number of rotatable bonds is 3. The molecule has 98 valence electrons. The van der Waals surface area contributed by atoms with Gasteiger partial charge in [-0.1, -0.05) is 36.4 Å². The average Bonchev–Trinajstić information content (AvgIpc) is 2.71. The first-order chi connectivity index (χ1) is 9.27. The van der Waals surface area contributed by atoms with Gasteiger partial charge in [-0.05, 0) is 25.5 Å². The van der Waals surface area contributed by atoms with Crippen LogP contribution in [0, 0.1) is 0 Å². The van der Waals surface area contributed by atoms with Crippen LogP contribution in [0.1, 0.15) is 28.8 Å². The number of amides is 1. The maximum Gasteiger partial charge on any atom is 0.258 e. The summed E-state index contributed by atoms with van der Waals surface area (Å²) in [5.74, 6) is 0.0927. The Labute approximate surface area is 113 Å². The van der Waals surface area contributed by atoms with Gasteiger partial charge in [0.05, 0.1) is 0 Å². The molecule has 0 atom stereocenters. The van der Waals surface area contributed by atoms with Crippen molar-refractivity contribution in [2.45, 2.75) is 12.8 Å². The molecule has 19 heavy (non-hydrogen) atoms. The molecule has 1 N–H and O–H groups in total. The molecule has 0 saturated carbocycles. The number of fused-ring (bicyclic) bond motifs is 1. The van der Waals surface area contributed by atoms with E-state index in [-0.39, 0.29) is 5.91 Å². The number of benzene rings is 1. The third-order valence-corrected chi connectivity index (χ3v) is 3.85. The molecule has 2 heterocycles. The summed E-state index contributed by atoms with van der Waals surface area (Å²) >= 11 is 0. The van der Waals surface area contributed by atoms with Crippen molar-refractivity contribution in [2.24, 2.45) is 0 Å². The Morgan fingerprint density at radius 1 is 1.26 bits per heavy atom. The summed E-state index contributed by atoms with van der Waals surface area (Å²) in [7, 11) is 0. The van der Waals surface area contributed by atoms with E-state index in [2.05, 4.69) is 18.0 Å². The number of hydrogen-bond donors (Lipinski definition) is 1. The van der Waals surface area contributed by atoms with E-state index in [1.165, 1.54) is 5.57 Å². The minimum atomic E-state index is 0.0927. The maximum atomic E-state index is 12.3. The van der Waals surface area contributed by atoms with Crippen LogP contribution >= 0.6 is 0 Å². The summed E-state index contributed by atoms with van der Waals surface area (Å²) in [6, 6.07) is 7.71. The maximum absolute atomic E-state index is 12.3. The Morgan fingerprint density at radius 2 is 2.05 bits per heavy atom. The van der Waals surface area contributed by atoms with Crippen LogP contribution < -0.4 is 5.32 Å². The van der Waals surface area contributed by atoms with Crippen LogP contribution in [0.5, 0.6) is 0 Å². The van der Waals surface area contributed by atoms with Crippen molar-refractivity contribution < 1.29 is 4.79 Å². The minimum absolute atomic E-state index is 0.0927.